The fourth-order valence-electron chi connectivity index (χ4n) is 5.87. The Kier molecular flexibility index (Phi) is 6.75. The highest BCUT2D eigenvalue weighted by atomic mass is 16.5. The Morgan fingerprint density at radius 1 is 1.35 bits per heavy atom. The van der Waals surface area contributed by atoms with Gasteiger partial charge in [-0.3, -0.25) is 14.5 Å². The topological polar surface area (TPSA) is 117 Å². The molecule has 3 aliphatic rings. The fourth-order valence-corrected chi connectivity index (χ4v) is 5.87. The maximum absolute atomic E-state index is 13.5. The number of rotatable bonds is 9. The Morgan fingerprint density at radius 2 is 2.06 bits per heavy atom. The molecule has 1 saturated carbocycles. The predicted octanol–water partition coefficient (Wildman–Crippen LogP) is 2.30. The largest absolute Gasteiger partial charge is 0.390 e. The molecule has 8 nitrogen and oxygen atoms in total. The van der Waals surface area contributed by atoms with E-state index in [0.29, 0.717) is 32.3 Å². The first kappa shape index (κ1) is 24.7. The lowest BCUT2D eigenvalue weighted by atomic mass is 9.87. The molecule has 1 aliphatic heterocycles. The summed E-state index contributed by atoms with van der Waals surface area (Å²) >= 11 is 0. The molecule has 1 heterocycles. The molecule has 1 aromatic rings. The highest BCUT2D eigenvalue weighted by molar-refractivity contribution is 5.99. The van der Waals surface area contributed by atoms with E-state index in [1.165, 1.54) is 0 Å². The van der Waals surface area contributed by atoms with Gasteiger partial charge in [0.05, 0.1) is 29.5 Å². The van der Waals surface area contributed by atoms with Gasteiger partial charge in [0.25, 0.3) is 0 Å². The number of guanidine groups is 1. The number of carbonyl (C=O) groups is 2. The number of nitrogens with two attached hydrogens (primary N) is 1. The first-order chi connectivity index (χ1) is 16.2. The van der Waals surface area contributed by atoms with Crippen molar-refractivity contribution in [3.8, 4) is 0 Å². The van der Waals surface area contributed by atoms with E-state index < -0.39 is 23.1 Å². The van der Waals surface area contributed by atoms with Crippen molar-refractivity contribution in [1.29, 1.82) is 0 Å². The fraction of sp³-hybridized carbons (Fsp3) is 0.654. The summed E-state index contributed by atoms with van der Waals surface area (Å²) in [6.45, 7) is 6.45. The summed E-state index contributed by atoms with van der Waals surface area (Å²) in [5.74, 6) is 0.0463. The van der Waals surface area contributed by atoms with Gasteiger partial charge in [-0.05, 0) is 42.7 Å². The van der Waals surface area contributed by atoms with Crippen molar-refractivity contribution in [2.24, 2.45) is 22.1 Å². The average Bonchev–Trinajstić information content (AvgIpc) is 3.41. The van der Waals surface area contributed by atoms with Crippen LogP contribution in [0, 0.1) is 11.3 Å². The third-order valence-corrected chi connectivity index (χ3v) is 8.39. The first-order valence-electron chi connectivity index (χ1n) is 12.4. The smallest absolute Gasteiger partial charge is 0.231 e. The van der Waals surface area contributed by atoms with Gasteiger partial charge in [-0.1, -0.05) is 45.0 Å². The second-order valence-corrected chi connectivity index (χ2v) is 10.3. The van der Waals surface area contributed by atoms with Gasteiger partial charge in [-0.25, -0.2) is 4.99 Å². The standard InChI is InChI=1S/C26H38N4O4/c1-5-26(6-2)15-21(32)30(24(27)29-26)19(11-12-34-4)18-14-25(18,3)23(33)28-22-17-10-8-7-9-16(17)13-20(22)31/h7-10,18-20,22,31H,5-6,11-15H2,1-4H3,(H2,27,29)(H,28,33)/t18-,19?,20+,22-,25+/m1/s1. The van der Waals surface area contributed by atoms with Crippen LogP contribution in [0.4, 0.5) is 0 Å². The third kappa shape index (κ3) is 4.22. The minimum Gasteiger partial charge on any atom is -0.390 e. The van der Waals surface area contributed by atoms with Gasteiger partial charge in [0.2, 0.25) is 11.8 Å². The maximum Gasteiger partial charge on any atom is 0.231 e. The Labute approximate surface area is 201 Å². The number of hydrogen-bond acceptors (Lipinski definition) is 6. The van der Waals surface area contributed by atoms with Gasteiger partial charge >= 0.3 is 0 Å². The zero-order chi connectivity index (χ0) is 24.7. The van der Waals surface area contributed by atoms with E-state index in [4.69, 9.17) is 15.5 Å². The number of carbonyl (C=O) groups excluding carboxylic acids is 2. The number of methoxy groups -OCH3 is 1. The maximum atomic E-state index is 13.5. The second-order valence-electron chi connectivity index (χ2n) is 10.3. The molecule has 2 aliphatic carbocycles. The third-order valence-electron chi connectivity index (χ3n) is 8.39. The molecule has 0 aromatic heterocycles. The molecule has 5 atom stereocenters. The molecule has 1 unspecified atom stereocenters. The number of aliphatic imine (C=N–C) groups is 1. The lowest BCUT2D eigenvalue weighted by Gasteiger charge is -2.40. The molecular weight excluding hydrogens is 432 g/mol. The minimum atomic E-state index is -0.653. The van der Waals surface area contributed by atoms with Crippen molar-refractivity contribution in [2.45, 2.75) is 83.0 Å². The number of fused-ring (bicyclic) bond motifs is 1. The summed E-state index contributed by atoms with van der Waals surface area (Å²) in [5, 5.41) is 13.7. The number of nitrogens with one attached hydrogen (secondary N) is 1. The van der Waals surface area contributed by atoms with Crippen LogP contribution >= 0.6 is 0 Å². The van der Waals surface area contributed by atoms with Crippen LogP contribution in [-0.4, -0.2) is 59.2 Å². The number of nitrogens with zero attached hydrogens (tertiary/aromatic N) is 2. The quantitative estimate of drug-likeness (QED) is 0.512. The van der Waals surface area contributed by atoms with Crippen molar-refractivity contribution < 1.29 is 19.4 Å². The molecule has 4 rings (SSSR count). The van der Waals surface area contributed by atoms with E-state index >= 15 is 0 Å². The van der Waals surface area contributed by atoms with E-state index in [2.05, 4.69) is 5.32 Å². The lowest BCUT2D eigenvalue weighted by molar-refractivity contribution is -0.134. The first-order valence-corrected chi connectivity index (χ1v) is 12.4. The zero-order valence-corrected chi connectivity index (χ0v) is 20.7. The molecule has 34 heavy (non-hydrogen) atoms. The van der Waals surface area contributed by atoms with Crippen molar-refractivity contribution in [3.05, 3.63) is 35.4 Å². The van der Waals surface area contributed by atoms with E-state index in [-0.39, 0.29) is 29.7 Å². The van der Waals surface area contributed by atoms with Gasteiger partial charge in [0, 0.05) is 26.2 Å². The Balaban J connectivity index is 1.54. The van der Waals surface area contributed by atoms with Gasteiger partial charge < -0.3 is 20.9 Å². The molecular formula is C26H38N4O4. The second kappa shape index (κ2) is 9.30. The SMILES string of the molecule is CCC1(CC)CC(=O)N(C(CCOC)[C@H]2C[C@]2(C)C(=O)N[C@@H]2c3ccccc3C[C@@H]2O)C(N)=N1. The van der Waals surface area contributed by atoms with Crippen LogP contribution in [0.25, 0.3) is 0 Å². The minimum absolute atomic E-state index is 0.0351. The molecule has 4 N–H and O–H groups in total. The van der Waals surface area contributed by atoms with E-state index in [0.717, 1.165) is 24.0 Å². The normalized spacial score (nSPS) is 30.5. The number of benzene rings is 1. The van der Waals surface area contributed by atoms with Gasteiger partial charge in [0.1, 0.15) is 0 Å². The van der Waals surface area contributed by atoms with Gasteiger partial charge in [-0.2, -0.15) is 0 Å². The molecule has 0 radical (unpaired) electrons. The van der Waals surface area contributed by atoms with Crippen LogP contribution in [0.1, 0.15) is 70.0 Å². The highest BCUT2D eigenvalue weighted by Crippen LogP contribution is 2.57. The van der Waals surface area contributed by atoms with Crippen LogP contribution in [0.3, 0.4) is 0 Å². The van der Waals surface area contributed by atoms with Crippen LogP contribution in [0.5, 0.6) is 0 Å². The molecule has 2 amide bonds. The molecule has 186 valence electrons. The monoisotopic (exact) mass is 470 g/mol. The van der Waals surface area contributed by atoms with Crippen LogP contribution < -0.4 is 11.1 Å². The van der Waals surface area contributed by atoms with Crippen LogP contribution in [-0.2, 0) is 20.7 Å². The number of hydrogen-bond donors (Lipinski definition) is 3. The van der Waals surface area contributed by atoms with Crippen LogP contribution in [0.15, 0.2) is 29.3 Å². The van der Waals surface area contributed by atoms with E-state index in [1.54, 1.807) is 12.0 Å². The Morgan fingerprint density at radius 3 is 2.71 bits per heavy atom. The van der Waals surface area contributed by atoms with Crippen molar-refractivity contribution in [1.82, 2.24) is 10.2 Å². The molecule has 0 spiro atoms. The van der Waals surface area contributed by atoms with Gasteiger partial charge in [0.15, 0.2) is 5.96 Å². The van der Waals surface area contributed by atoms with Crippen molar-refractivity contribution >= 4 is 17.8 Å². The molecule has 8 heteroatoms. The summed E-state index contributed by atoms with van der Waals surface area (Å²) in [4.78, 5) is 33.1. The summed E-state index contributed by atoms with van der Waals surface area (Å²) < 4.78 is 5.33. The highest BCUT2D eigenvalue weighted by Gasteiger charge is 2.61. The van der Waals surface area contributed by atoms with Crippen molar-refractivity contribution in [3.63, 3.8) is 0 Å². The Bertz CT molecular complexity index is 975. The number of aliphatic hydroxyl groups excluding tert-OH is 1. The van der Waals surface area contributed by atoms with E-state index in [1.807, 2.05) is 45.0 Å². The summed E-state index contributed by atoms with van der Waals surface area (Å²) in [6, 6.07) is 7.14. The van der Waals surface area contributed by atoms with Crippen LogP contribution in [0.2, 0.25) is 0 Å². The Hall–Kier alpha value is -2.45. The molecule has 0 bridgehead atoms. The van der Waals surface area contributed by atoms with Crippen molar-refractivity contribution in [2.75, 3.05) is 13.7 Å². The van der Waals surface area contributed by atoms with E-state index in [9.17, 15) is 14.7 Å². The number of ether oxygens (including phenoxy) is 1. The zero-order valence-electron chi connectivity index (χ0n) is 20.7. The molecule has 1 aromatic carbocycles. The lowest BCUT2D eigenvalue weighted by Crippen LogP contribution is -2.56. The predicted molar refractivity (Wildman–Crippen MR) is 130 cm³/mol. The number of amides is 2. The molecule has 0 saturated heterocycles. The van der Waals surface area contributed by atoms with Gasteiger partial charge in [-0.15, -0.1) is 0 Å². The summed E-state index contributed by atoms with van der Waals surface area (Å²) in [6.07, 6.45) is 2.93. The summed E-state index contributed by atoms with van der Waals surface area (Å²) in [7, 11) is 1.63. The molecule has 1 fully saturated rings. The average molecular weight is 471 g/mol. The summed E-state index contributed by atoms with van der Waals surface area (Å²) in [5.41, 5.74) is 7.32. The number of aliphatic hydroxyl groups is 1.